The van der Waals surface area contributed by atoms with Gasteiger partial charge in [-0.3, -0.25) is 0 Å². The molecule has 0 aliphatic rings. The number of nitrogens with two attached hydrogens (primary N) is 1. The van der Waals surface area contributed by atoms with E-state index >= 15 is 0 Å². The van der Waals surface area contributed by atoms with Crippen molar-refractivity contribution in [2.45, 2.75) is 19.8 Å². The highest BCUT2D eigenvalue weighted by atomic mass is 35.5. The van der Waals surface area contributed by atoms with Crippen LogP contribution >= 0.6 is 11.6 Å². The van der Waals surface area contributed by atoms with Crippen molar-refractivity contribution in [1.29, 1.82) is 0 Å². The van der Waals surface area contributed by atoms with Gasteiger partial charge in [0.2, 0.25) is 0 Å². The maximum atomic E-state index is 5.79. The van der Waals surface area contributed by atoms with E-state index in [1.807, 2.05) is 0 Å². The lowest BCUT2D eigenvalue weighted by Crippen LogP contribution is -2.02. The average Bonchev–Trinajstić information content (AvgIpc) is 2.78. The van der Waals surface area contributed by atoms with Crippen LogP contribution in [0.4, 0.5) is 5.69 Å². The first-order chi connectivity index (χ1) is 8.74. The van der Waals surface area contributed by atoms with Crippen molar-refractivity contribution >= 4 is 22.9 Å². The Balaban J connectivity index is 2.10. The van der Waals surface area contributed by atoms with E-state index in [4.69, 9.17) is 22.1 Å². The van der Waals surface area contributed by atoms with Gasteiger partial charge in [-0.2, -0.15) is 0 Å². The highest BCUT2D eigenvalue weighted by Crippen LogP contribution is 2.22. The molecule has 0 fully saturated rings. The largest absolute Gasteiger partial charge is 0.463 e. The number of ether oxygens (including phenoxy) is 1. The SMILES string of the molecule is CC/C=C/CCOc1nnc2c(N)c(Cl)ncn12. The molecule has 6 nitrogen and oxygen atoms in total. The molecule has 2 aromatic heterocycles. The fourth-order valence-corrected chi connectivity index (χ4v) is 1.56. The van der Waals surface area contributed by atoms with Crippen molar-refractivity contribution in [2.75, 3.05) is 12.3 Å². The Hall–Kier alpha value is -1.82. The Kier molecular flexibility index (Phi) is 3.99. The summed E-state index contributed by atoms with van der Waals surface area (Å²) in [6, 6.07) is 0.366. The van der Waals surface area contributed by atoms with E-state index in [0.29, 0.717) is 24.0 Å². The molecule has 0 atom stereocenters. The fraction of sp³-hybridized carbons (Fsp3) is 0.364. The van der Waals surface area contributed by atoms with Crippen LogP contribution in [0.15, 0.2) is 18.5 Å². The van der Waals surface area contributed by atoms with Crippen LogP contribution in [0.3, 0.4) is 0 Å². The molecule has 0 aliphatic heterocycles. The molecule has 0 amide bonds. The number of hydrogen-bond acceptors (Lipinski definition) is 5. The summed E-state index contributed by atoms with van der Waals surface area (Å²) in [5.74, 6) is 0. The second kappa shape index (κ2) is 5.68. The fourth-order valence-electron chi connectivity index (χ4n) is 1.44. The normalized spacial score (nSPS) is 11.4. The number of fused-ring (bicyclic) bond motifs is 1. The van der Waals surface area contributed by atoms with Gasteiger partial charge in [0.15, 0.2) is 10.8 Å². The van der Waals surface area contributed by atoms with Gasteiger partial charge in [0.05, 0.1) is 6.61 Å². The topological polar surface area (TPSA) is 78.3 Å². The maximum Gasteiger partial charge on any atom is 0.322 e. The van der Waals surface area contributed by atoms with Crippen molar-refractivity contribution in [3.63, 3.8) is 0 Å². The lowest BCUT2D eigenvalue weighted by Gasteiger charge is -2.02. The van der Waals surface area contributed by atoms with Crippen molar-refractivity contribution < 1.29 is 4.74 Å². The van der Waals surface area contributed by atoms with E-state index in [0.717, 1.165) is 12.8 Å². The molecule has 0 aromatic carbocycles. The number of halogens is 1. The van der Waals surface area contributed by atoms with E-state index in [9.17, 15) is 0 Å². The van der Waals surface area contributed by atoms with Gasteiger partial charge in [0.1, 0.15) is 12.0 Å². The summed E-state index contributed by atoms with van der Waals surface area (Å²) in [6.45, 7) is 2.61. The summed E-state index contributed by atoms with van der Waals surface area (Å²) in [7, 11) is 0. The first kappa shape index (κ1) is 12.6. The summed E-state index contributed by atoms with van der Waals surface area (Å²) in [5, 5.41) is 8.03. The van der Waals surface area contributed by atoms with Gasteiger partial charge >= 0.3 is 6.01 Å². The Morgan fingerprint density at radius 3 is 3.06 bits per heavy atom. The number of aromatic nitrogens is 4. The number of allylic oxidation sites excluding steroid dienone is 1. The highest BCUT2D eigenvalue weighted by Gasteiger charge is 2.11. The average molecular weight is 268 g/mol. The van der Waals surface area contributed by atoms with E-state index in [-0.39, 0.29) is 5.15 Å². The Morgan fingerprint density at radius 1 is 1.44 bits per heavy atom. The van der Waals surface area contributed by atoms with Crippen LogP contribution in [-0.2, 0) is 0 Å². The van der Waals surface area contributed by atoms with Crippen molar-refractivity contribution in [1.82, 2.24) is 19.6 Å². The lowest BCUT2D eigenvalue weighted by atomic mass is 10.3. The molecule has 0 bridgehead atoms. The first-order valence-electron chi connectivity index (χ1n) is 5.66. The van der Waals surface area contributed by atoms with Crippen LogP contribution in [0.2, 0.25) is 5.15 Å². The van der Waals surface area contributed by atoms with Crippen LogP contribution < -0.4 is 10.5 Å². The number of nitrogen functional groups attached to an aromatic ring is 1. The molecule has 0 spiro atoms. The van der Waals surface area contributed by atoms with E-state index in [2.05, 4.69) is 34.3 Å². The molecule has 2 heterocycles. The van der Waals surface area contributed by atoms with Crippen molar-refractivity contribution in [3.8, 4) is 6.01 Å². The first-order valence-corrected chi connectivity index (χ1v) is 6.04. The van der Waals surface area contributed by atoms with Gasteiger partial charge in [-0.1, -0.05) is 35.8 Å². The molecule has 2 rings (SSSR count). The standard InChI is InChI=1S/C11H14ClN5O/c1-2-3-4-5-6-18-11-16-15-10-8(13)9(12)14-7-17(10)11/h3-4,7H,2,5-6,13H2,1H3/b4-3+. The second-order valence-corrected chi connectivity index (χ2v) is 4.00. The van der Waals surface area contributed by atoms with Gasteiger partial charge in [-0.15, -0.1) is 5.10 Å². The van der Waals surface area contributed by atoms with Gasteiger partial charge < -0.3 is 10.5 Å². The maximum absolute atomic E-state index is 5.79. The predicted octanol–water partition coefficient (Wildman–Crippen LogP) is 2.09. The van der Waals surface area contributed by atoms with E-state index in [1.54, 1.807) is 4.40 Å². The molecule has 2 N–H and O–H groups in total. The van der Waals surface area contributed by atoms with Crippen LogP contribution in [0.1, 0.15) is 19.8 Å². The minimum absolute atomic E-state index is 0.215. The molecule has 0 saturated heterocycles. The third kappa shape index (κ3) is 2.53. The number of nitrogens with zero attached hydrogens (tertiary/aromatic N) is 4. The molecular weight excluding hydrogens is 254 g/mol. The second-order valence-electron chi connectivity index (χ2n) is 3.64. The molecule has 0 aliphatic carbocycles. The molecule has 0 saturated carbocycles. The van der Waals surface area contributed by atoms with Crippen LogP contribution in [0.5, 0.6) is 6.01 Å². The Labute approximate surface area is 109 Å². The molecule has 2 aromatic rings. The highest BCUT2D eigenvalue weighted by molar-refractivity contribution is 6.32. The molecule has 0 radical (unpaired) electrons. The van der Waals surface area contributed by atoms with Crippen LogP contribution in [0.25, 0.3) is 5.65 Å². The molecular formula is C11H14ClN5O. The zero-order chi connectivity index (χ0) is 13.0. The minimum Gasteiger partial charge on any atom is -0.463 e. The van der Waals surface area contributed by atoms with Crippen molar-refractivity contribution in [3.05, 3.63) is 23.6 Å². The summed E-state index contributed by atoms with van der Waals surface area (Å²) in [6.07, 6.45) is 7.48. The van der Waals surface area contributed by atoms with Gasteiger partial charge in [-0.05, 0) is 12.8 Å². The number of hydrogen-bond donors (Lipinski definition) is 1. The van der Waals surface area contributed by atoms with E-state index < -0.39 is 0 Å². The molecule has 0 unspecified atom stereocenters. The zero-order valence-electron chi connectivity index (χ0n) is 10.0. The third-order valence-electron chi connectivity index (χ3n) is 2.33. The van der Waals surface area contributed by atoms with Crippen LogP contribution in [-0.4, -0.2) is 26.2 Å². The minimum atomic E-state index is 0.215. The molecule has 18 heavy (non-hydrogen) atoms. The number of rotatable bonds is 5. The van der Waals surface area contributed by atoms with Crippen LogP contribution in [0, 0.1) is 0 Å². The summed E-state index contributed by atoms with van der Waals surface area (Å²) in [5.41, 5.74) is 6.49. The Morgan fingerprint density at radius 2 is 2.28 bits per heavy atom. The predicted molar refractivity (Wildman–Crippen MR) is 69.7 cm³/mol. The Bertz CT molecular complexity index is 566. The summed E-state index contributed by atoms with van der Waals surface area (Å²) in [4.78, 5) is 3.93. The van der Waals surface area contributed by atoms with Crippen molar-refractivity contribution in [2.24, 2.45) is 0 Å². The zero-order valence-corrected chi connectivity index (χ0v) is 10.8. The summed E-state index contributed by atoms with van der Waals surface area (Å²) < 4.78 is 7.07. The molecule has 7 heteroatoms. The van der Waals surface area contributed by atoms with Gasteiger partial charge in [0, 0.05) is 0 Å². The molecule has 96 valence electrons. The smallest absolute Gasteiger partial charge is 0.322 e. The lowest BCUT2D eigenvalue weighted by molar-refractivity contribution is 0.295. The monoisotopic (exact) mass is 267 g/mol. The quantitative estimate of drug-likeness (QED) is 0.510. The van der Waals surface area contributed by atoms with Gasteiger partial charge in [0.25, 0.3) is 0 Å². The van der Waals surface area contributed by atoms with E-state index in [1.165, 1.54) is 6.33 Å². The third-order valence-corrected chi connectivity index (χ3v) is 2.63. The summed E-state index contributed by atoms with van der Waals surface area (Å²) >= 11 is 5.79. The number of anilines is 1. The van der Waals surface area contributed by atoms with Gasteiger partial charge in [-0.25, -0.2) is 9.38 Å².